The SMILES string of the molecule is Cc1cnc(C(=O)NC2CCCN(c3ccc(C#N)cc3F)C2)cn1. The fourth-order valence-corrected chi connectivity index (χ4v) is 2.92. The molecule has 3 rings (SSSR count). The van der Waals surface area contributed by atoms with Gasteiger partial charge in [0, 0.05) is 25.3 Å². The highest BCUT2D eigenvalue weighted by Gasteiger charge is 2.24. The maximum Gasteiger partial charge on any atom is 0.271 e. The lowest BCUT2D eigenvalue weighted by Gasteiger charge is -2.34. The van der Waals surface area contributed by atoms with Crippen molar-refractivity contribution in [3.05, 3.63) is 53.4 Å². The van der Waals surface area contributed by atoms with E-state index in [-0.39, 0.29) is 17.6 Å². The molecule has 1 aliphatic heterocycles. The Hall–Kier alpha value is -3.01. The molecule has 0 saturated carbocycles. The molecule has 2 heterocycles. The molecule has 0 radical (unpaired) electrons. The van der Waals surface area contributed by atoms with Crippen LogP contribution in [0.4, 0.5) is 10.1 Å². The summed E-state index contributed by atoms with van der Waals surface area (Å²) in [6, 6.07) is 6.28. The van der Waals surface area contributed by atoms with E-state index in [1.54, 1.807) is 25.3 Å². The van der Waals surface area contributed by atoms with Crippen LogP contribution in [0.2, 0.25) is 0 Å². The number of hydrogen-bond acceptors (Lipinski definition) is 5. The smallest absolute Gasteiger partial charge is 0.271 e. The Morgan fingerprint density at radius 3 is 2.92 bits per heavy atom. The van der Waals surface area contributed by atoms with Crippen molar-refractivity contribution >= 4 is 11.6 Å². The van der Waals surface area contributed by atoms with E-state index in [1.807, 2.05) is 11.0 Å². The Morgan fingerprint density at radius 2 is 2.24 bits per heavy atom. The zero-order chi connectivity index (χ0) is 17.8. The second-order valence-corrected chi connectivity index (χ2v) is 6.08. The Labute approximate surface area is 145 Å². The third kappa shape index (κ3) is 3.91. The minimum absolute atomic E-state index is 0.0978. The number of nitrogens with zero attached hydrogens (tertiary/aromatic N) is 4. The lowest BCUT2D eigenvalue weighted by Crippen LogP contribution is -2.48. The summed E-state index contributed by atoms with van der Waals surface area (Å²) in [5.41, 5.74) is 1.76. The highest BCUT2D eigenvalue weighted by atomic mass is 19.1. The Kier molecular flexibility index (Phi) is 4.89. The van der Waals surface area contributed by atoms with Crippen LogP contribution >= 0.6 is 0 Å². The molecule has 25 heavy (non-hydrogen) atoms. The molecule has 0 spiro atoms. The Morgan fingerprint density at radius 1 is 1.40 bits per heavy atom. The van der Waals surface area contributed by atoms with Gasteiger partial charge in [0.15, 0.2) is 0 Å². The Bertz CT molecular complexity index is 815. The summed E-state index contributed by atoms with van der Waals surface area (Å²) in [5, 5.41) is 11.8. The van der Waals surface area contributed by atoms with E-state index in [2.05, 4.69) is 15.3 Å². The van der Waals surface area contributed by atoms with Gasteiger partial charge in [-0.05, 0) is 38.0 Å². The molecule has 128 valence electrons. The van der Waals surface area contributed by atoms with Crippen LogP contribution in [0.5, 0.6) is 0 Å². The van der Waals surface area contributed by atoms with Crippen molar-refractivity contribution in [1.29, 1.82) is 5.26 Å². The molecule has 1 aromatic heterocycles. The first-order valence-corrected chi connectivity index (χ1v) is 8.11. The van der Waals surface area contributed by atoms with E-state index < -0.39 is 5.82 Å². The number of piperidine rings is 1. The van der Waals surface area contributed by atoms with Crippen molar-refractivity contribution in [2.75, 3.05) is 18.0 Å². The van der Waals surface area contributed by atoms with Gasteiger partial charge in [-0.15, -0.1) is 0 Å². The van der Waals surface area contributed by atoms with E-state index in [1.165, 1.54) is 12.3 Å². The molecule has 1 unspecified atom stereocenters. The molecule has 1 saturated heterocycles. The molecule has 1 aliphatic rings. The van der Waals surface area contributed by atoms with Crippen molar-refractivity contribution in [3.8, 4) is 6.07 Å². The molecule has 1 aromatic carbocycles. The van der Waals surface area contributed by atoms with Gasteiger partial charge in [-0.3, -0.25) is 9.78 Å². The number of hydrogen-bond donors (Lipinski definition) is 1. The third-order valence-corrected chi connectivity index (χ3v) is 4.19. The maximum absolute atomic E-state index is 14.2. The molecular weight excluding hydrogens is 321 g/mol. The first-order valence-electron chi connectivity index (χ1n) is 8.11. The normalized spacial score (nSPS) is 17.0. The molecule has 7 heteroatoms. The highest BCUT2D eigenvalue weighted by molar-refractivity contribution is 5.92. The van der Waals surface area contributed by atoms with Gasteiger partial charge in [-0.1, -0.05) is 0 Å². The summed E-state index contributed by atoms with van der Waals surface area (Å²) in [4.78, 5) is 22.3. The predicted molar refractivity (Wildman–Crippen MR) is 90.6 cm³/mol. The topological polar surface area (TPSA) is 81.9 Å². The molecular formula is C18H18FN5O. The standard InChI is InChI=1S/C18H18FN5O/c1-12-9-22-16(10-21-12)18(25)23-14-3-2-6-24(11-14)17-5-4-13(8-20)7-15(17)19/h4-5,7,9-10,14H,2-3,6,11H2,1H3,(H,23,25). The van der Waals surface area contributed by atoms with Crippen molar-refractivity contribution in [1.82, 2.24) is 15.3 Å². The summed E-state index contributed by atoms with van der Waals surface area (Å²) in [7, 11) is 0. The average molecular weight is 339 g/mol. The van der Waals surface area contributed by atoms with Crippen LogP contribution in [0.1, 0.15) is 34.6 Å². The van der Waals surface area contributed by atoms with Gasteiger partial charge >= 0.3 is 0 Å². The maximum atomic E-state index is 14.2. The van der Waals surface area contributed by atoms with Crippen LogP contribution in [0.25, 0.3) is 0 Å². The van der Waals surface area contributed by atoms with Crippen molar-refractivity contribution in [2.24, 2.45) is 0 Å². The molecule has 1 N–H and O–H groups in total. The minimum Gasteiger partial charge on any atom is -0.367 e. The molecule has 2 aromatic rings. The van der Waals surface area contributed by atoms with E-state index in [0.717, 1.165) is 18.5 Å². The van der Waals surface area contributed by atoms with Crippen LogP contribution in [0.15, 0.2) is 30.6 Å². The van der Waals surface area contributed by atoms with Gasteiger partial charge in [0.1, 0.15) is 11.5 Å². The average Bonchev–Trinajstić information content (AvgIpc) is 2.62. The monoisotopic (exact) mass is 339 g/mol. The number of aryl methyl sites for hydroxylation is 1. The summed E-state index contributed by atoms with van der Waals surface area (Å²) >= 11 is 0. The number of carbonyl (C=O) groups excluding carboxylic acids is 1. The third-order valence-electron chi connectivity index (χ3n) is 4.19. The van der Waals surface area contributed by atoms with Gasteiger partial charge < -0.3 is 10.2 Å². The largest absolute Gasteiger partial charge is 0.367 e. The number of benzene rings is 1. The van der Waals surface area contributed by atoms with Crippen LogP contribution < -0.4 is 10.2 Å². The molecule has 0 bridgehead atoms. The highest BCUT2D eigenvalue weighted by Crippen LogP contribution is 2.24. The van der Waals surface area contributed by atoms with Crippen LogP contribution in [0.3, 0.4) is 0 Å². The fraction of sp³-hybridized carbons (Fsp3) is 0.333. The van der Waals surface area contributed by atoms with E-state index in [0.29, 0.717) is 24.3 Å². The lowest BCUT2D eigenvalue weighted by molar-refractivity contribution is 0.0927. The molecule has 1 fully saturated rings. The van der Waals surface area contributed by atoms with Crippen LogP contribution in [0, 0.1) is 24.1 Å². The second-order valence-electron chi connectivity index (χ2n) is 6.08. The zero-order valence-electron chi connectivity index (χ0n) is 13.9. The van der Waals surface area contributed by atoms with Crippen LogP contribution in [-0.4, -0.2) is 35.0 Å². The number of rotatable bonds is 3. The first kappa shape index (κ1) is 16.8. The van der Waals surface area contributed by atoms with Gasteiger partial charge in [0.05, 0.1) is 29.2 Å². The number of anilines is 1. The number of halogens is 1. The Balaban J connectivity index is 1.68. The molecule has 1 amide bonds. The summed E-state index contributed by atoms with van der Waals surface area (Å²) < 4.78 is 14.2. The quantitative estimate of drug-likeness (QED) is 0.927. The number of amides is 1. The van der Waals surface area contributed by atoms with Gasteiger partial charge in [-0.2, -0.15) is 5.26 Å². The van der Waals surface area contributed by atoms with Gasteiger partial charge in [0.2, 0.25) is 0 Å². The van der Waals surface area contributed by atoms with E-state index >= 15 is 0 Å². The summed E-state index contributed by atoms with van der Waals surface area (Å²) in [6.07, 6.45) is 4.66. The zero-order valence-corrected chi connectivity index (χ0v) is 13.9. The number of aromatic nitrogens is 2. The van der Waals surface area contributed by atoms with Gasteiger partial charge in [-0.25, -0.2) is 9.37 Å². The van der Waals surface area contributed by atoms with E-state index in [4.69, 9.17) is 5.26 Å². The minimum atomic E-state index is -0.421. The van der Waals surface area contributed by atoms with E-state index in [9.17, 15) is 9.18 Å². The molecule has 0 aliphatic carbocycles. The number of nitrogens with one attached hydrogen (secondary N) is 1. The summed E-state index contributed by atoms with van der Waals surface area (Å²) in [6.45, 7) is 3.02. The lowest BCUT2D eigenvalue weighted by atomic mass is 10.0. The fourth-order valence-electron chi connectivity index (χ4n) is 2.92. The summed E-state index contributed by atoms with van der Waals surface area (Å²) in [5.74, 6) is -0.699. The second kappa shape index (κ2) is 7.26. The predicted octanol–water partition coefficient (Wildman–Crippen LogP) is 2.19. The number of nitriles is 1. The number of carbonyl (C=O) groups is 1. The van der Waals surface area contributed by atoms with Crippen molar-refractivity contribution in [2.45, 2.75) is 25.8 Å². The van der Waals surface area contributed by atoms with Crippen LogP contribution in [-0.2, 0) is 0 Å². The molecule has 6 nitrogen and oxygen atoms in total. The van der Waals surface area contributed by atoms with Gasteiger partial charge in [0.25, 0.3) is 5.91 Å². The van der Waals surface area contributed by atoms with Crippen molar-refractivity contribution in [3.63, 3.8) is 0 Å². The molecule has 1 atom stereocenters. The van der Waals surface area contributed by atoms with Crippen molar-refractivity contribution < 1.29 is 9.18 Å². The first-order chi connectivity index (χ1) is 12.1.